The Hall–Kier alpha value is -1.89. The van der Waals surface area contributed by atoms with Crippen LogP contribution in [0, 0.1) is 0 Å². The molecule has 0 unspecified atom stereocenters. The lowest BCUT2D eigenvalue weighted by molar-refractivity contribution is 0.151. The molecule has 0 atom stereocenters. The summed E-state index contributed by atoms with van der Waals surface area (Å²) in [6.45, 7) is -0.786. The van der Waals surface area contributed by atoms with E-state index in [1.807, 2.05) is 0 Å². The van der Waals surface area contributed by atoms with E-state index >= 15 is 0 Å². The van der Waals surface area contributed by atoms with Gasteiger partial charge in [0.25, 0.3) is 12.4 Å². The largest absolute Gasteiger partial charge is 0.423 e. The zero-order valence-corrected chi connectivity index (χ0v) is 9.51. The number of hydrogen-bond acceptors (Lipinski definition) is 5. The number of nitrogens with two attached hydrogens (primary N) is 1. The van der Waals surface area contributed by atoms with Crippen LogP contribution in [0.15, 0.2) is 22.6 Å². The van der Waals surface area contributed by atoms with Gasteiger partial charge in [0.2, 0.25) is 0 Å². The summed E-state index contributed by atoms with van der Waals surface area (Å²) >= 11 is 0. The Labute approximate surface area is 102 Å². The van der Waals surface area contributed by atoms with Crippen LogP contribution in [-0.2, 0) is 0 Å². The number of anilines is 2. The average Bonchev–Trinajstić information content (AvgIpc) is 2.73. The monoisotopic (exact) mass is 257 g/mol. The molecule has 0 saturated carbocycles. The second-order valence-corrected chi connectivity index (χ2v) is 3.75. The predicted octanol–water partition coefficient (Wildman–Crippen LogP) is 1.47. The first-order valence-electron chi connectivity index (χ1n) is 5.41. The molecular weight excluding hydrogens is 244 g/mol. The molecule has 0 spiro atoms. The molecule has 0 bridgehead atoms. The molecular formula is C11H13F2N3O2. The molecule has 0 radical (unpaired) electrons. The third-order valence-corrected chi connectivity index (χ3v) is 2.44. The predicted molar refractivity (Wildman–Crippen MR) is 63.7 cm³/mol. The Morgan fingerprint density at radius 2 is 2.22 bits per heavy atom. The number of hydrogen-bond donors (Lipinski definition) is 2. The van der Waals surface area contributed by atoms with Gasteiger partial charge in [0.05, 0.1) is 18.8 Å². The van der Waals surface area contributed by atoms with E-state index in [1.165, 1.54) is 4.90 Å². The van der Waals surface area contributed by atoms with Crippen LogP contribution in [-0.4, -0.2) is 36.2 Å². The van der Waals surface area contributed by atoms with Crippen molar-refractivity contribution < 1.29 is 18.3 Å². The Kier molecular flexibility index (Phi) is 3.61. The topological polar surface area (TPSA) is 75.5 Å². The van der Waals surface area contributed by atoms with Crippen LogP contribution in [0.25, 0.3) is 11.1 Å². The lowest BCUT2D eigenvalue weighted by atomic mass is 10.3. The van der Waals surface area contributed by atoms with Crippen molar-refractivity contribution >= 4 is 22.8 Å². The summed E-state index contributed by atoms with van der Waals surface area (Å²) in [5, 5.41) is 8.86. The van der Waals surface area contributed by atoms with Crippen molar-refractivity contribution in [3.63, 3.8) is 0 Å². The number of aliphatic hydroxyl groups is 1. The zero-order valence-electron chi connectivity index (χ0n) is 9.51. The van der Waals surface area contributed by atoms with Gasteiger partial charge in [-0.1, -0.05) is 6.07 Å². The first-order chi connectivity index (χ1) is 8.61. The first kappa shape index (κ1) is 12.6. The second kappa shape index (κ2) is 5.18. The molecule has 0 saturated heterocycles. The van der Waals surface area contributed by atoms with Crippen LogP contribution >= 0.6 is 0 Å². The number of rotatable bonds is 5. The minimum Gasteiger partial charge on any atom is -0.423 e. The normalized spacial score (nSPS) is 11.3. The Morgan fingerprint density at radius 1 is 1.44 bits per heavy atom. The van der Waals surface area contributed by atoms with E-state index in [2.05, 4.69) is 4.98 Å². The highest BCUT2D eigenvalue weighted by Crippen LogP contribution is 2.26. The molecule has 18 heavy (non-hydrogen) atoms. The van der Waals surface area contributed by atoms with Gasteiger partial charge in [0.1, 0.15) is 5.52 Å². The molecule has 0 aliphatic rings. The van der Waals surface area contributed by atoms with Crippen molar-refractivity contribution in [3.05, 3.63) is 18.2 Å². The Balaban J connectivity index is 2.35. The van der Waals surface area contributed by atoms with Gasteiger partial charge >= 0.3 is 0 Å². The molecule has 1 aromatic heterocycles. The molecule has 2 rings (SSSR count). The Morgan fingerprint density at radius 3 is 2.83 bits per heavy atom. The van der Waals surface area contributed by atoms with E-state index in [9.17, 15) is 8.78 Å². The summed E-state index contributed by atoms with van der Waals surface area (Å²) in [5.74, 6) is 0. The second-order valence-electron chi connectivity index (χ2n) is 3.75. The van der Waals surface area contributed by atoms with Gasteiger partial charge in [-0.15, -0.1) is 0 Å². The molecule has 0 aliphatic carbocycles. The third-order valence-electron chi connectivity index (χ3n) is 2.44. The number of oxazole rings is 1. The van der Waals surface area contributed by atoms with Crippen molar-refractivity contribution in [2.24, 2.45) is 0 Å². The molecule has 1 heterocycles. The average molecular weight is 257 g/mol. The van der Waals surface area contributed by atoms with E-state index in [4.69, 9.17) is 15.3 Å². The summed E-state index contributed by atoms with van der Waals surface area (Å²) in [5.41, 5.74) is 6.99. The molecule has 7 heteroatoms. The van der Waals surface area contributed by atoms with Gasteiger partial charge in [-0.05, 0) is 12.1 Å². The van der Waals surface area contributed by atoms with Crippen molar-refractivity contribution in [1.82, 2.24) is 4.98 Å². The van der Waals surface area contributed by atoms with Gasteiger partial charge in [-0.25, -0.2) is 8.78 Å². The molecule has 0 fully saturated rings. The number of aliphatic hydroxyl groups excluding tert-OH is 1. The highest BCUT2D eigenvalue weighted by atomic mass is 19.3. The summed E-state index contributed by atoms with van der Waals surface area (Å²) in [4.78, 5) is 5.26. The van der Waals surface area contributed by atoms with Gasteiger partial charge in [0.15, 0.2) is 5.58 Å². The maximum absolute atomic E-state index is 12.4. The van der Waals surface area contributed by atoms with Crippen LogP contribution in [0.3, 0.4) is 0 Å². The van der Waals surface area contributed by atoms with E-state index < -0.39 is 13.0 Å². The van der Waals surface area contributed by atoms with Crippen LogP contribution in [0.4, 0.5) is 20.5 Å². The van der Waals surface area contributed by atoms with E-state index in [0.29, 0.717) is 16.8 Å². The molecule has 98 valence electrons. The maximum Gasteiger partial charge on any atom is 0.298 e. The quantitative estimate of drug-likeness (QED) is 0.793. The lowest BCUT2D eigenvalue weighted by Gasteiger charge is -2.18. The number of aromatic nitrogens is 1. The molecule has 1 aromatic carbocycles. The van der Waals surface area contributed by atoms with Gasteiger partial charge in [0, 0.05) is 6.54 Å². The molecule has 5 nitrogen and oxygen atoms in total. The van der Waals surface area contributed by atoms with Crippen LogP contribution in [0.1, 0.15) is 0 Å². The number of nitrogen functional groups attached to an aromatic ring is 1. The summed E-state index contributed by atoms with van der Waals surface area (Å²) < 4.78 is 30.2. The fourth-order valence-electron chi connectivity index (χ4n) is 1.65. The third kappa shape index (κ3) is 2.51. The lowest BCUT2D eigenvalue weighted by Crippen LogP contribution is -2.31. The number of nitrogens with zero attached hydrogens (tertiary/aromatic N) is 2. The highest BCUT2D eigenvalue weighted by Gasteiger charge is 2.18. The van der Waals surface area contributed by atoms with E-state index in [1.54, 1.807) is 18.2 Å². The van der Waals surface area contributed by atoms with E-state index in [-0.39, 0.29) is 19.2 Å². The van der Waals surface area contributed by atoms with Crippen molar-refractivity contribution in [2.75, 3.05) is 30.3 Å². The van der Waals surface area contributed by atoms with E-state index in [0.717, 1.165) is 0 Å². The first-order valence-corrected chi connectivity index (χ1v) is 5.41. The van der Waals surface area contributed by atoms with Crippen LogP contribution in [0.5, 0.6) is 0 Å². The highest BCUT2D eigenvalue weighted by molar-refractivity contribution is 5.86. The molecule has 0 aliphatic heterocycles. The van der Waals surface area contributed by atoms with Crippen molar-refractivity contribution in [1.29, 1.82) is 0 Å². The summed E-state index contributed by atoms with van der Waals surface area (Å²) in [6, 6.07) is 5.04. The SMILES string of the molecule is Nc1cccc2oc(N(CCO)CC(F)F)nc12. The minimum absolute atomic E-state index is 0.0249. The van der Waals surface area contributed by atoms with Crippen LogP contribution in [0.2, 0.25) is 0 Å². The smallest absolute Gasteiger partial charge is 0.298 e. The van der Waals surface area contributed by atoms with Crippen molar-refractivity contribution in [3.8, 4) is 0 Å². The number of fused-ring (bicyclic) bond motifs is 1. The zero-order chi connectivity index (χ0) is 13.1. The Bertz CT molecular complexity index is 530. The molecule has 0 amide bonds. The number of para-hydroxylation sites is 1. The number of benzene rings is 1. The number of alkyl halides is 2. The molecule has 3 N–H and O–H groups in total. The standard InChI is InChI=1S/C11H13F2N3O2/c12-9(13)6-16(4-5-17)11-15-10-7(14)2-1-3-8(10)18-11/h1-3,9,17H,4-6,14H2. The van der Waals surface area contributed by atoms with Crippen LogP contribution < -0.4 is 10.6 Å². The van der Waals surface area contributed by atoms with Gasteiger partial charge in [-0.3, -0.25) is 0 Å². The van der Waals surface area contributed by atoms with Crippen molar-refractivity contribution in [2.45, 2.75) is 6.43 Å². The summed E-state index contributed by atoms with van der Waals surface area (Å²) in [7, 11) is 0. The number of halogens is 2. The fourth-order valence-corrected chi connectivity index (χ4v) is 1.65. The van der Waals surface area contributed by atoms with Gasteiger partial charge in [-0.2, -0.15) is 4.98 Å². The van der Waals surface area contributed by atoms with Gasteiger partial charge < -0.3 is 20.2 Å². The molecule has 2 aromatic rings. The summed E-state index contributed by atoms with van der Waals surface area (Å²) in [6.07, 6.45) is -2.54. The minimum atomic E-state index is -2.54. The maximum atomic E-state index is 12.4. The fraction of sp³-hybridized carbons (Fsp3) is 0.364.